The molecule has 4 heteroatoms. The van der Waals surface area contributed by atoms with Gasteiger partial charge < -0.3 is 5.32 Å². The summed E-state index contributed by atoms with van der Waals surface area (Å²) < 4.78 is 2.14. The number of anilines is 1. The molecule has 100 valence electrons. The second-order valence-corrected chi connectivity index (χ2v) is 6.45. The summed E-state index contributed by atoms with van der Waals surface area (Å²) in [4.78, 5) is 0. The summed E-state index contributed by atoms with van der Waals surface area (Å²) in [6.45, 7) is 2.93. The standard InChI is InChI=1S/C15H14Br2ClN/c1-2-10-7-12(16)4-6-15(10)19-9-11-3-5-13(18)8-14(11)17/h3-8,19H,2,9H2,1H3. The van der Waals surface area contributed by atoms with Crippen LogP contribution in [0.4, 0.5) is 5.69 Å². The van der Waals surface area contributed by atoms with E-state index in [1.807, 2.05) is 18.2 Å². The van der Waals surface area contributed by atoms with E-state index in [4.69, 9.17) is 11.6 Å². The molecule has 0 aliphatic carbocycles. The minimum Gasteiger partial charge on any atom is -0.381 e. The van der Waals surface area contributed by atoms with Gasteiger partial charge in [-0.3, -0.25) is 0 Å². The second kappa shape index (κ2) is 6.78. The van der Waals surface area contributed by atoms with E-state index in [2.05, 4.69) is 62.3 Å². The molecule has 1 nitrogen and oxygen atoms in total. The van der Waals surface area contributed by atoms with Crippen molar-refractivity contribution in [3.8, 4) is 0 Å². The van der Waals surface area contributed by atoms with Crippen molar-refractivity contribution in [1.82, 2.24) is 0 Å². The Morgan fingerprint density at radius 2 is 1.84 bits per heavy atom. The van der Waals surface area contributed by atoms with Gasteiger partial charge >= 0.3 is 0 Å². The van der Waals surface area contributed by atoms with Gasteiger partial charge in [0.05, 0.1) is 0 Å². The molecule has 19 heavy (non-hydrogen) atoms. The molecule has 0 heterocycles. The van der Waals surface area contributed by atoms with Crippen molar-refractivity contribution in [2.24, 2.45) is 0 Å². The molecule has 0 aliphatic rings. The molecular formula is C15H14Br2ClN. The van der Waals surface area contributed by atoms with E-state index in [1.54, 1.807) is 0 Å². The molecule has 0 amide bonds. The molecule has 0 spiro atoms. The highest BCUT2D eigenvalue weighted by atomic mass is 79.9. The molecule has 0 unspecified atom stereocenters. The Labute approximate surface area is 135 Å². The van der Waals surface area contributed by atoms with Crippen molar-refractivity contribution < 1.29 is 0 Å². The van der Waals surface area contributed by atoms with Crippen LogP contribution in [0.5, 0.6) is 0 Å². The fraction of sp³-hybridized carbons (Fsp3) is 0.200. The number of nitrogens with one attached hydrogen (secondary N) is 1. The Kier molecular flexibility index (Phi) is 5.31. The van der Waals surface area contributed by atoms with Gasteiger partial charge in [-0.25, -0.2) is 0 Å². The zero-order chi connectivity index (χ0) is 13.8. The lowest BCUT2D eigenvalue weighted by Crippen LogP contribution is -2.02. The molecule has 0 saturated heterocycles. The monoisotopic (exact) mass is 401 g/mol. The summed E-state index contributed by atoms with van der Waals surface area (Å²) in [5, 5.41) is 4.22. The molecule has 1 N–H and O–H groups in total. The van der Waals surface area contributed by atoms with Gasteiger partial charge in [0.15, 0.2) is 0 Å². The first kappa shape index (κ1) is 14.9. The topological polar surface area (TPSA) is 12.0 Å². The van der Waals surface area contributed by atoms with Crippen molar-refractivity contribution in [2.75, 3.05) is 5.32 Å². The number of benzene rings is 2. The predicted molar refractivity (Wildman–Crippen MR) is 90.0 cm³/mol. The summed E-state index contributed by atoms with van der Waals surface area (Å²) in [5.74, 6) is 0. The van der Waals surface area contributed by atoms with Crippen LogP contribution in [-0.2, 0) is 13.0 Å². The third-order valence-corrected chi connectivity index (χ3v) is 4.40. The van der Waals surface area contributed by atoms with Gasteiger partial charge in [-0.05, 0) is 47.9 Å². The lowest BCUT2D eigenvalue weighted by atomic mass is 10.1. The van der Waals surface area contributed by atoms with Crippen molar-refractivity contribution in [3.63, 3.8) is 0 Å². The Morgan fingerprint density at radius 3 is 2.53 bits per heavy atom. The molecule has 0 fully saturated rings. The summed E-state index contributed by atoms with van der Waals surface area (Å²) >= 11 is 13.0. The van der Waals surface area contributed by atoms with Gasteiger partial charge in [0, 0.05) is 26.2 Å². The van der Waals surface area contributed by atoms with Crippen LogP contribution >= 0.6 is 43.5 Å². The van der Waals surface area contributed by atoms with Crippen molar-refractivity contribution in [1.29, 1.82) is 0 Å². The smallest absolute Gasteiger partial charge is 0.0417 e. The van der Waals surface area contributed by atoms with Gasteiger partial charge in [-0.15, -0.1) is 0 Å². The van der Waals surface area contributed by atoms with Crippen molar-refractivity contribution in [3.05, 3.63) is 61.5 Å². The maximum Gasteiger partial charge on any atom is 0.0417 e. The average Bonchev–Trinajstić information content (AvgIpc) is 2.39. The van der Waals surface area contributed by atoms with E-state index in [9.17, 15) is 0 Å². The van der Waals surface area contributed by atoms with Gasteiger partial charge in [-0.1, -0.05) is 56.5 Å². The first-order valence-electron chi connectivity index (χ1n) is 6.06. The van der Waals surface area contributed by atoms with E-state index in [0.717, 1.165) is 26.9 Å². The summed E-state index contributed by atoms with van der Waals surface area (Å²) in [5.41, 5.74) is 3.67. The third-order valence-electron chi connectivity index (χ3n) is 2.93. The third kappa shape index (κ3) is 3.98. The number of halogens is 3. The molecule has 0 radical (unpaired) electrons. The predicted octanol–water partition coefficient (Wildman–Crippen LogP) is 6.04. The average molecular weight is 404 g/mol. The fourth-order valence-electron chi connectivity index (χ4n) is 1.88. The number of hydrogen-bond acceptors (Lipinski definition) is 1. The van der Waals surface area contributed by atoms with Crippen LogP contribution in [0.1, 0.15) is 18.1 Å². The first-order chi connectivity index (χ1) is 9.10. The highest BCUT2D eigenvalue weighted by Crippen LogP contribution is 2.25. The molecule has 0 aromatic heterocycles. The van der Waals surface area contributed by atoms with Crippen molar-refractivity contribution >= 4 is 49.1 Å². The fourth-order valence-corrected chi connectivity index (χ4v) is 3.11. The molecular weight excluding hydrogens is 389 g/mol. The van der Waals surface area contributed by atoms with E-state index in [-0.39, 0.29) is 0 Å². The quantitative estimate of drug-likeness (QED) is 0.656. The van der Waals surface area contributed by atoms with Crippen LogP contribution in [0.2, 0.25) is 5.02 Å². The lowest BCUT2D eigenvalue weighted by Gasteiger charge is -2.12. The minimum absolute atomic E-state index is 0.744. The Morgan fingerprint density at radius 1 is 1.05 bits per heavy atom. The molecule has 2 aromatic carbocycles. The molecule has 2 aromatic rings. The van der Waals surface area contributed by atoms with Gasteiger partial charge in [0.2, 0.25) is 0 Å². The second-order valence-electron chi connectivity index (χ2n) is 4.24. The molecule has 0 aliphatic heterocycles. The van der Waals surface area contributed by atoms with E-state index < -0.39 is 0 Å². The highest BCUT2D eigenvalue weighted by molar-refractivity contribution is 9.10. The number of hydrogen-bond donors (Lipinski definition) is 1. The maximum atomic E-state index is 5.94. The Bertz CT molecular complexity index is 584. The summed E-state index contributed by atoms with van der Waals surface area (Å²) in [7, 11) is 0. The highest BCUT2D eigenvalue weighted by Gasteiger charge is 2.04. The van der Waals surface area contributed by atoms with Crippen molar-refractivity contribution in [2.45, 2.75) is 19.9 Å². The molecule has 0 bridgehead atoms. The zero-order valence-corrected chi connectivity index (χ0v) is 14.4. The first-order valence-corrected chi connectivity index (χ1v) is 8.02. The van der Waals surface area contributed by atoms with E-state index >= 15 is 0 Å². The summed E-state index contributed by atoms with van der Waals surface area (Å²) in [6.07, 6.45) is 1.00. The van der Waals surface area contributed by atoms with E-state index in [0.29, 0.717) is 0 Å². The Balaban J connectivity index is 2.14. The summed E-state index contributed by atoms with van der Waals surface area (Å²) in [6, 6.07) is 12.2. The molecule has 0 saturated carbocycles. The van der Waals surface area contributed by atoms with Crippen LogP contribution < -0.4 is 5.32 Å². The van der Waals surface area contributed by atoms with Crippen LogP contribution in [0, 0.1) is 0 Å². The van der Waals surface area contributed by atoms with Crippen LogP contribution in [-0.4, -0.2) is 0 Å². The van der Waals surface area contributed by atoms with Crippen LogP contribution in [0.25, 0.3) is 0 Å². The zero-order valence-electron chi connectivity index (χ0n) is 10.5. The number of rotatable bonds is 4. The Hall–Kier alpha value is -0.510. The van der Waals surface area contributed by atoms with Crippen LogP contribution in [0.3, 0.4) is 0 Å². The largest absolute Gasteiger partial charge is 0.381 e. The van der Waals surface area contributed by atoms with Gasteiger partial charge in [0.25, 0.3) is 0 Å². The maximum absolute atomic E-state index is 5.94. The lowest BCUT2D eigenvalue weighted by molar-refractivity contribution is 1.08. The normalized spacial score (nSPS) is 10.5. The van der Waals surface area contributed by atoms with Crippen LogP contribution in [0.15, 0.2) is 45.3 Å². The minimum atomic E-state index is 0.744. The molecule has 0 atom stereocenters. The molecule has 2 rings (SSSR count). The SMILES string of the molecule is CCc1cc(Br)ccc1NCc1ccc(Cl)cc1Br. The van der Waals surface area contributed by atoms with E-state index in [1.165, 1.54) is 16.8 Å². The van der Waals surface area contributed by atoms with Gasteiger partial charge in [-0.2, -0.15) is 0 Å². The van der Waals surface area contributed by atoms with Gasteiger partial charge in [0.1, 0.15) is 0 Å². The number of aryl methyl sites for hydroxylation is 1.